The average molecular weight is 261 g/mol. The second-order valence-corrected chi connectivity index (χ2v) is 4.51. The van der Waals surface area contributed by atoms with E-state index in [0.717, 1.165) is 25.1 Å². The predicted molar refractivity (Wildman–Crippen MR) is 79.2 cm³/mol. The van der Waals surface area contributed by atoms with E-state index in [4.69, 9.17) is 15.7 Å². The third-order valence-corrected chi connectivity index (χ3v) is 3.43. The molecule has 0 amide bonds. The Morgan fingerprint density at radius 1 is 1.37 bits per heavy atom. The first-order valence-electron chi connectivity index (χ1n) is 6.73. The third kappa shape index (κ3) is 3.62. The molecule has 19 heavy (non-hydrogen) atoms. The first-order chi connectivity index (χ1) is 9.19. The van der Waals surface area contributed by atoms with Crippen molar-refractivity contribution in [1.82, 2.24) is 0 Å². The van der Waals surface area contributed by atoms with Crippen molar-refractivity contribution in [2.24, 2.45) is 0 Å². The second-order valence-electron chi connectivity index (χ2n) is 4.51. The zero-order valence-corrected chi connectivity index (χ0v) is 12.0. The summed E-state index contributed by atoms with van der Waals surface area (Å²) in [5, 5.41) is 9.08. The van der Waals surface area contributed by atoms with Crippen molar-refractivity contribution in [2.75, 3.05) is 30.9 Å². The van der Waals surface area contributed by atoms with Crippen LogP contribution < -0.4 is 10.6 Å². The number of nitriles is 1. The molecule has 0 unspecified atom stereocenters. The highest BCUT2D eigenvalue weighted by Crippen LogP contribution is 2.29. The van der Waals surface area contributed by atoms with Crippen molar-refractivity contribution in [2.45, 2.75) is 32.7 Å². The van der Waals surface area contributed by atoms with Gasteiger partial charge in [0.05, 0.1) is 23.5 Å². The summed E-state index contributed by atoms with van der Waals surface area (Å²) in [5.74, 6) is 0. The third-order valence-electron chi connectivity index (χ3n) is 3.43. The lowest BCUT2D eigenvalue weighted by atomic mass is 10.1. The maximum absolute atomic E-state index is 9.08. The highest BCUT2D eigenvalue weighted by molar-refractivity contribution is 5.74. The van der Waals surface area contributed by atoms with E-state index in [1.54, 1.807) is 13.2 Å². The lowest BCUT2D eigenvalue weighted by molar-refractivity contribution is 0.202. The molecule has 1 rings (SSSR count). The van der Waals surface area contributed by atoms with Crippen LogP contribution in [0.15, 0.2) is 18.2 Å². The average Bonchev–Trinajstić information content (AvgIpc) is 2.44. The molecule has 0 aliphatic heterocycles. The topological polar surface area (TPSA) is 62.3 Å². The summed E-state index contributed by atoms with van der Waals surface area (Å²) in [6, 6.07) is 8.16. The molecule has 0 aliphatic carbocycles. The highest BCUT2D eigenvalue weighted by Gasteiger charge is 2.18. The molecule has 2 N–H and O–H groups in total. The first-order valence-corrected chi connectivity index (χ1v) is 6.73. The molecule has 1 aromatic carbocycles. The van der Waals surface area contributed by atoms with Crippen molar-refractivity contribution < 1.29 is 4.74 Å². The van der Waals surface area contributed by atoms with Gasteiger partial charge in [-0.2, -0.15) is 5.26 Å². The van der Waals surface area contributed by atoms with E-state index in [2.05, 4.69) is 24.8 Å². The molecule has 0 bridgehead atoms. The van der Waals surface area contributed by atoms with Gasteiger partial charge in [-0.15, -0.1) is 0 Å². The standard InChI is InChI=1S/C15H23N3O/c1-4-13(5-2)18(9-10-19-3)14-8-6-7-12(11-16)15(14)17/h6-8,13H,4-5,9-10,17H2,1-3H3. The Labute approximate surface area is 115 Å². The van der Waals surface area contributed by atoms with Crippen molar-refractivity contribution in [3.8, 4) is 6.07 Å². The summed E-state index contributed by atoms with van der Waals surface area (Å²) >= 11 is 0. The molecule has 0 aliphatic rings. The van der Waals surface area contributed by atoms with Gasteiger partial charge in [-0.1, -0.05) is 19.9 Å². The zero-order valence-electron chi connectivity index (χ0n) is 12.0. The fourth-order valence-electron chi connectivity index (χ4n) is 2.32. The number of hydrogen-bond donors (Lipinski definition) is 1. The number of hydrogen-bond acceptors (Lipinski definition) is 4. The van der Waals surface area contributed by atoms with Crippen LogP contribution in [0.1, 0.15) is 32.3 Å². The molecule has 0 radical (unpaired) electrons. The van der Waals surface area contributed by atoms with Crippen molar-refractivity contribution >= 4 is 11.4 Å². The van der Waals surface area contributed by atoms with E-state index < -0.39 is 0 Å². The Morgan fingerprint density at radius 3 is 2.58 bits per heavy atom. The largest absolute Gasteiger partial charge is 0.396 e. The van der Waals surface area contributed by atoms with Crippen molar-refractivity contribution in [3.05, 3.63) is 23.8 Å². The lowest BCUT2D eigenvalue weighted by Gasteiger charge is -2.33. The summed E-state index contributed by atoms with van der Waals surface area (Å²) < 4.78 is 5.18. The maximum atomic E-state index is 9.08. The van der Waals surface area contributed by atoms with Crippen LogP contribution in [0.25, 0.3) is 0 Å². The van der Waals surface area contributed by atoms with Gasteiger partial charge in [0.1, 0.15) is 6.07 Å². The van der Waals surface area contributed by atoms with Crippen LogP contribution in [0.2, 0.25) is 0 Å². The predicted octanol–water partition coefficient (Wildman–Crippen LogP) is 2.78. The smallest absolute Gasteiger partial charge is 0.101 e. The van der Waals surface area contributed by atoms with E-state index in [-0.39, 0.29) is 0 Å². The summed E-state index contributed by atoms with van der Waals surface area (Å²) in [6.45, 7) is 5.76. The van der Waals surface area contributed by atoms with Gasteiger partial charge in [0, 0.05) is 19.7 Å². The Kier molecular flexibility index (Phi) is 6.17. The minimum Gasteiger partial charge on any atom is -0.396 e. The quantitative estimate of drug-likeness (QED) is 0.767. The second kappa shape index (κ2) is 7.65. The molecule has 0 aromatic heterocycles. The number of ether oxygens (including phenoxy) is 1. The van der Waals surface area contributed by atoms with Gasteiger partial charge < -0.3 is 15.4 Å². The number of methoxy groups -OCH3 is 1. The molecule has 0 heterocycles. The number of nitrogen functional groups attached to an aromatic ring is 1. The summed E-state index contributed by atoms with van der Waals surface area (Å²) in [6.07, 6.45) is 2.08. The molecule has 4 heteroatoms. The van der Waals surface area contributed by atoms with E-state index in [0.29, 0.717) is 23.9 Å². The normalized spacial score (nSPS) is 10.5. The van der Waals surface area contributed by atoms with Gasteiger partial charge in [-0.05, 0) is 25.0 Å². The molecule has 0 saturated carbocycles. The first kappa shape index (κ1) is 15.3. The van der Waals surface area contributed by atoms with Gasteiger partial charge >= 0.3 is 0 Å². The Morgan fingerprint density at radius 2 is 2.05 bits per heavy atom. The van der Waals surface area contributed by atoms with Crippen LogP contribution in [-0.2, 0) is 4.74 Å². The number of para-hydroxylation sites is 1. The number of rotatable bonds is 7. The van der Waals surface area contributed by atoms with Crippen LogP contribution in [0, 0.1) is 11.3 Å². The number of benzene rings is 1. The van der Waals surface area contributed by atoms with Crippen LogP contribution in [0.5, 0.6) is 0 Å². The molecule has 0 spiro atoms. The minimum atomic E-state index is 0.409. The number of anilines is 2. The van der Waals surface area contributed by atoms with Gasteiger partial charge in [0.25, 0.3) is 0 Å². The molecule has 0 saturated heterocycles. The van der Waals surface area contributed by atoms with E-state index >= 15 is 0 Å². The number of nitrogens with zero attached hydrogens (tertiary/aromatic N) is 2. The van der Waals surface area contributed by atoms with Crippen LogP contribution >= 0.6 is 0 Å². The molecule has 4 nitrogen and oxygen atoms in total. The lowest BCUT2D eigenvalue weighted by Crippen LogP contribution is -2.37. The van der Waals surface area contributed by atoms with E-state index in [1.165, 1.54) is 0 Å². The molecular formula is C15H23N3O. The van der Waals surface area contributed by atoms with Gasteiger partial charge in [0.2, 0.25) is 0 Å². The van der Waals surface area contributed by atoms with Gasteiger partial charge in [-0.25, -0.2) is 0 Å². The Balaban J connectivity index is 3.13. The molecular weight excluding hydrogens is 238 g/mol. The van der Waals surface area contributed by atoms with E-state index in [9.17, 15) is 0 Å². The SMILES string of the molecule is CCC(CC)N(CCOC)c1cccc(C#N)c1N. The maximum Gasteiger partial charge on any atom is 0.101 e. The van der Waals surface area contributed by atoms with Crippen LogP contribution in [0.3, 0.4) is 0 Å². The molecule has 1 aromatic rings. The fourth-order valence-corrected chi connectivity index (χ4v) is 2.32. The Bertz CT molecular complexity index is 436. The molecule has 104 valence electrons. The summed E-state index contributed by atoms with van der Waals surface area (Å²) in [4.78, 5) is 2.25. The van der Waals surface area contributed by atoms with Crippen LogP contribution in [0.4, 0.5) is 11.4 Å². The highest BCUT2D eigenvalue weighted by atomic mass is 16.5. The monoisotopic (exact) mass is 261 g/mol. The minimum absolute atomic E-state index is 0.409. The molecule has 0 atom stereocenters. The molecule has 0 fully saturated rings. The van der Waals surface area contributed by atoms with Crippen molar-refractivity contribution in [1.29, 1.82) is 5.26 Å². The summed E-state index contributed by atoms with van der Waals surface area (Å²) in [7, 11) is 1.69. The Hall–Kier alpha value is -1.73. The fraction of sp³-hybridized carbons (Fsp3) is 0.533. The van der Waals surface area contributed by atoms with Crippen LogP contribution in [-0.4, -0.2) is 26.3 Å². The summed E-state index contributed by atoms with van der Waals surface area (Å²) in [5.41, 5.74) is 8.14. The van der Waals surface area contributed by atoms with Gasteiger partial charge in [0.15, 0.2) is 0 Å². The zero-order chi connectivity index (χ0) is 14.3. The van der Waals surface area contributed by atoms with Crippen molar-refractivity contribution in [3.63, 3.8) is 0 Å². The van der Waals surface area contributed by atoms with Gasteiger partial charge in [-0.3, -0.25) is 0 Å². The number of nitrogens with two attached hydrogens (primary N) is 1. The van der Waals surface area contributed by atoms with E-state index in [1.807, 2.05) is 12.1 Å².